The van der Waals surface area contributed by atoms with Gasteiger partial charge in [-0.25, -0.2) is 17.2 Å². The summed E-state index contributed by atoms with van der Waals surface area (Å²) < 4.78 is 57.3. The molecule has 1 amide bonds. The van der Waals surface area contributed by atoms with Crippen LogP contribution in [0, 0.1) is 0 Å². The van der Waals surface area contributed by atoms with E-state index >= 15 is 0 Å². The SMILES string of the molecule is C\C=C/C(F)=C\C(=C\F)S(=O)(=O)C1CCN(C(=O)COc2ccc(CO)cc2)C1. The molecular weight excluding hydrogens is 404 g/mol. The number of amides is 1. The van der Waals surface area contributed by atoms with Gasteiger partial charge >= 0.3 is 0 Å². The highest BCUT2D eigenvalue weighted by Crippen LogP contribution is 2.25. The summed E-state index contributed by atoms with van der Waals surface area (Å²) in [5, 5.41) is 7.99. The third-order valence-corrected chi connectivity index (χ3v) is 6.57. The molecule has 0 radical (unpaired) electrons. The van der Waals surface area contributed by atoms with Gasteiger partial charge in [0.15, 0.2) is 16.4 Å². The molecule has 1 heterocycles. The number of likely N-dealkylation sites (tertiary alicyclic amines) is 1. The van der Waals surface area contributed by atoms with E-state index in [0.717, 1.165) is 6.08 Å². The molecule has 1 fully saturated rings. The number of carbonyl (C=O) groups is 1. The number of sulfone groups is 1. The Hall–Kier alpha value is -2.52. The van der Waals surface area contributed by atoms with Crippen molar-refractivity contribution in [2.45, 2.75) is 25.2 Å². The number of hydrogen-bond acceptors (Lipinski definition) is 5. The van der Waals surface area contributed by atoms with E-state index in [1.807, 2.05) is 0 Å². The number of rotatable bonds is 8. The third-order valence-electron chi connectivity index (χ3n) is 4.45. The average molecular weight is 427 g/mol. The Morgan fingerprint density at radius 1 is 1.34 bits per heavy atom. The minimum Gasteiger partial charge on any atom is -0.484 e. The lowest BCUT2D eigenvalue weighted by Crippen LogP contribution is -2.35. The molecule has 1 N–H and O–H groups in total. The lowest BCUT2D eigenvalue weighted by molar-refractivity contribution is -0.132. The van der Waals surface area contributed by atoms with Crippen LogP contribution in [0.15, 0.2) is 59.6 Å². The molecule has 29 heavy (non-hydrogen) atoms. The molecule has 0 aliphatic carbocycles. The monoisotopic (exact) mass is 427 g/mol. The summed E-state index contributed by atoms with van der Waals surface area (Å²) in [4.78, 5) is 12.9. The van der Waals surface area contributed by atoms with Crippen molar-refractivity contribution in [3.05, 3.63) is 65.1 Å². The van der Waals surface area contributed by atoms with Gasteiger partial charge in [-0.15, -0.1) is 0 Å². The van der Waals surface area contributed by atoms with Crippen LogP contribution in [0.3, 0.4) is 0 Å². The highest BCUT2D eigenvalue weighted by molar-refractivity contribution is 7.96. The number of aliphatic hydroxyl groups excluding tert-OH is 1. The normalized spacial score (nSPS) is 18.5. The zero-order chi connectivity index (χ0) is 21.4. The van der Waals surface area contributed by atoms with Crippen molar-refractivity contribution in [1.29, 1.82) is 0 Å². The highest BCUT2D eigenvalue weighted by Gasteiger charge is 2.37. The standard InChI is InChI=1S/C20H23F2NO5S/c1-2-3-16(22)10-19(11-21)29(26,27)18-8-9-23(12-18)20(25)14-28-17-6-4-15(13-24)5-7-17/h2-7,10-11,18,24H,8-9,12-14H2,1H3/b3-2-,16-10+,19-11-. The van der Waals surface area contributed by atoms with E-state index < -0.39 is 31.7 Å². The van der Waals surface area contributed by atoms with Crippen LogP contribution in [0.1, 0.15) is 18.9 Å². The quantitative estimate of drug-likeness (QED) is 0.645. The lowest BCUT2D eigenvalue weighted by atomic mass is 10.2. The fraction of sp³-hybridized carbons (Fsp3) is 0.350. The summed E-state index contributed by atoms with van der Waals surface area (Å²) in [6.07, 6.45) is 2.99. The number of benzene rings is 1. The molecule has 1 atom stereocenters. The molecule has 0 saturated carbocycles. The van der Waals surface area contributed by atoms with E-state index in [2.05, 4.69) is 0 Å². The minimum atomic E-state index is -4.13. The van der Waals surface area contributed by atoms with Gasteiger partial charge < -0.3 is 14.7 Å². The van der Waals surface area contributed by atoms with Crippen LogP contribution in [-0.2, 0) is 21.2 Å². The molecule has 1 aliphatic heterocycles. The summed E-state index contributed by atoms with van der Waals surface area (Å²) in [5.41, 5.74) is 0.702. The van der Waals surface area contributed by atoms with Gasteiger partial charge in [0.05, 0.1) is 16.8 Å². The van der Waals surface area contributed by atoms with Crippen molar-refractivity contribution in [2.24, 2.45) is 0 Å². The zero-order valence-corrected chi connectivity index (χ0v) is 16.7. The molecule has 0 bridgehead atoms. The van der Waals surface area contributed by atoms with E-state index in [0.29, 0.717) is 17.4 Å². The first-order chi connectivity index (χ1) is 13.8. The first-order valence-electron chi connectivity index (χ1n) is 8.96. The maximum atomic E-state index is 13.6. The van der Waals surface area contributed by atoms with E-state index in [4.69, 9.17) is 9.84 Å². The largest absolute Gasteiger partial charge is 0.484 e. The predicted molar refractivity (Wildman–Crippen MR) is 105 cm³/mol. The van der Waals surface area contributed by atoms with Gasteiger partial charge in [0.25, 0.3) is 5.91 Å². The lowest BCUT2D eigenvalue weighted by Gasteiger charge is -2.17. The van der Waals surface area contributed by atoms with Crippen molar-refractivity contribution >= 4 is 15.7 Å². The summed E-state index contributed by atoms with van der Waals surface area (Å²) in [5.74, 6) is -0.854. The number of ether oxygens (including phenoxy) is 1. The second-order valence-corrected chi connectivity index (χ2v) is 8.65. The molecule has 0 spiro atoms. The molecule has 1 aliphatic rings. The molecule has 158 valence electrons. The topological polar surface area (TPSA) is 83.9 Å². The Labute approximate surface area is 168 Å². The molecule has 1 aromatic carbocycles. The van der Waals surface area contributed by atoms with E-state index in [9.17, 15) is 22.0 Å². The number of aliphatic hydroxyl groups is 1. The van der Waals surface area contributed by atoms with Crippen molar-refractivity contribution in [1.82, 2.24) is 4.90 Å². The Morgan fingerprint density at radius 2 is 2.03 bits per heavy atom. The van der Waals surface area contributed by atoms with Crippen LogP contribution in [0.5, 0.6) is 5.75 Å². The van der Waals surface area contributed by atoms with Crippen LogP contribution in [0.25, 0.3) is 0 Å². The van der Waals surface area contributed by atoms with Gasteiger partial charge in [0.1, 0.15) is 17.9 Å². The van der Waals surface area contributed by atoms with Crippen LogP contribution < -0.4 is 4.74 Å². The second-order valence-electron chi connectivity index (χ2n) is 6.43. The summed E-state index contributed by atoms with van der Waals surface area (Å²) >= 11 is 0. The third kappa shape index (κ3) is 5.98. The maximum Gasteiger partial charge on any atom is 0.260 e. The van der Waals surface area contributed by atoms with Crippen LogP contribution in [-0.4, -0.2) is 49.3 Å². The second kappa shape index (κ2) is 10.3. The highest BCUT2D eigenvalue weighted by atomic mass is 32.2. The average Bonchev–Trinajstić information content (AvgIpc) is 3.22. The molecular formula is C20H23F2NO5S. The minimum absolute atomic E-state index is 0.105. The van der Waals surface area contributed by atoms with Crippen LogP contribution in [0.4, 0.5) is 8.78 Å². The van der Waals surface area contributed by atoms with Gasteiger partial charge in [0.2, 0.25) is 0 Å². The Kier molecular flexibility index (Phi) is 8.10. The number of nitrogens with zero attached hydrogens (tertiary/aromatic N) is 1. The van der Waals surface area contributed by atoms with Gasteiger partial charge in [-0.2, -0.15) is 0 Å². The first-order valence-corrected chi connectivity index (χ1v) is 10.5. The van der Waals surface area contributed by atoms with Gasteiger partial charge in [-0.05, 0) is 43.2 Å². The first kappa shape index (κ1) is 22.8. The Bertz CT molecular complexity index is 907. The fourth-order valence-electron chi connectivity index (χ4n) is 2.85. The number of halogens is 2. The molecule has 9 heteroatoms. The number of carbonyl (C=O) groups excluding carboxylic acids is 1. The summed E-state index contributed by atoms with van der Waals surface area (Å²) in [6, 6.07) is 6.53. The van der Waals surface area contributed by atoms with E-state index in [1.165, 1.54) is 11.0 Å². The van der Waals surface area contributed by atoms with Crippen LogP contribution in [0.2, 0.25) is 0 Å². The molecule has 1 unspecified atom stereocenters. The molecule has 1 aromatic rings. The zero-order valence-electron chi connectivity index (χ0n) is 15.9. The smallest absolute Gasteiger partial charge is 0.260 e. The van der Waals surface area contributed by atoms with E-state index in [1.54, 1.807) is 31.2 Å². The van der Waals surface area contributed by atoms with Crippen molar-refractivity contribution in [3.63, 3.8) is 0 Å². The van der Waals surface area contributed by atoms with E-state index in [-0.39, 0.29) is 39.1 Å². The molecule has 2 rings (SSSR count). The Balaban J connectivity index is 1.98. The number of hydrogen-bond donors (Lipinski definition) is 1. The van der Waals surface area contributed by atoms with Gasteiger partial charge in [-0.3, -0.25) is 4.79 Å². The summed E-state index contributed by atoms with van der Waals surface area (Å²) in [7, 11) is -4.13. The van der Waals surface area contributed by atoms with Crippen molar-refractivity contribution in [3.8, 4) is 5.75 Å². The van der Waals surface area contributed by atoms with Gasteiger partial charge in [0, 0.05) is 13.1 Å². The number of allylic oxidation sites excluding steroid dienone is 4. The van der Waals surface area contributed by atoms with Crippen LogP contribution >= 0.6 is 0 Å². The van der Waals surface area contributed by atoms with Gasteiger partial charge in [-0.1, -0.05) is 18.2 Å². The molecule has 1 saturated heterocycles. The predicted octanol–water partition coefficient (Wildman–Crippen LogP) is 2.81. The maximum absolute atomic E-state index is 13.6. The molecule has 0 aromatic heterocycles. The van der Waals surface area contributed by atoms with Crippen molar-refractivity contribution < 1.29 is 31.8 Å². The molecule has 6 nitrogen and oxygen atoms in total. The fourth-order valence-corrected chi connectivity index (χ4v) is 4.42. The van der Waals surface area contributed by atoms with Crippen molar-refractivity contribution in [2.75, 3.05) is 19.7 Å². The Morgan fingerprint density at radius 3 is 2.62 bits per heavy atom. The summed E-state index contributed by atoms with van der Waals surface area (Å²) in [6.45, 7) is 1.21.